The molecule has 0 bridgehead atoms. The molecule has 0 radical (unpaired) electrons. The second-order valence-electron chi connectivity index (χ2n) is 6.06. The average molecular weight is 407 g/mol. The third-order valence-corrected chi connectivity index (χ3v) is 4.36. The van der Waals surface area contributed by atoms with E-state index in [0.717, 1.165) is 5.56 Å². The minimum Gasteiger partial charge on any atom is -0.493 e. The first-order chi connectivity index (χ1) is 13.3. The number of anilines is 1. The first kappa shape index (κ1) is 21.4. The Balaban J connectivity index is 2.15. The summed E-state index contributed by atoms with van der Waals surface area (Å²) < 4.78 is 15.7. The van der Waals surface area contributed by atoms with Crippen molar-refractivity contribution in [2.75, 3.05) is 26.6 Å². The van der Waals surface area contributed by atoms with Crippen LogP contribution >= 0.6 is 11.6 Å². The fraction of sp³-hybridized carbons (Fsp3) is 0.300. The average Bonchev–Trinajstić information content (AvgIpc) is 2.69. The van der Waals surface area contributed by atoms with Gasteiger partial charge < -0.3 is 24.8 Å². The van der Waals surface area contributed by atoms with E-state index in [0.29, 0.717) is 28.0 Å². The summed E-state index contributed by atoms with van der Waals surface area (Å²) in [6.45, 7) is 3.44. The molecule has 0 heterocycles. The molecule has 0 spiro atoms. The number of carbonyl (C=O) groups excluding carboxylic acids is 2. The van der Waals surface area contributed by atoms with E-state index in [-0.39, 0.29) is 11.5 Å². The number of nitrogens with one attached hydrogen (secondary N) is 2. The number of hydrogen-bond acceptors (Lipinski definition) is 5. The summed E-state index contributed by atoms with van der Waals surface area (Å²) in [5.41, 5.74) is 1.72. The molecule has 0 fully saturated rings. The van der Waals surface area contributed by atoms with E-state index in [2.05, 4.69) is 10.6 Å². The van der Waals surface area contributed by atoms with E-state index >= 15 is 0 Å². The molecule has 0 aliphatic rings. The standard InChI is InChI=1S/C20H23ClN2O5/c1-11-6-7-14(21)10-15(11)23-19(24)12(2)22-20(25)13-8-16(26-3)18(28-5)17(9-13)27-4/h6-10,12H,1-5H3,(H,22,25)(H,23,24)/t12-/m0/s1. The summed E-state index contributed by atoms with van der Waals surface area (Å²) in [4.78, 5) is 25.1. The minimum absolute atomic E-state index is 0.271. The van der Waals surface area contributed by atoms with Crippen molar-refractivity contribution >= 4 is 29.1 Å². The van der Waals surface area contributed by atoms with Crippen LogP contribution in [-0.2, 0) is 4.79 Å². The third-order valence-electron chi connectivity index (χ3n) is 4.13. The Morgan fingerprint density at radius 1 is 1.00 bits per heavy atom. The Kier molecular flexibility index (Phi) is 7.12. The van der Waals surface area contributed by atoms with Crippen molar-refractivity contribution < 1.29 is 23.8 Å². The van der Waals surface area contributed by atoms with Crippen LogP contribution in [0, 0.1) is 6.92 Å². The summed E-state index contributed by atoms with van der Waals surface area (Å²) in [6, 6.07) is 7.44. The lowest BCUT2D eigenvalue weighted by atomic mass is 10.1. The Bertz CT molecular complexity index is 860. The highest BCUT2D eigenvalue weighted by Crippen LogP contribution is 2.38. The highest BCUT2D eigenvalue weighted by atomic mass is 35.5. The van der Waals surface area contributed by atoms with Crippen LogP contribution in [0.4, 0.5) is 5.69 Å². The number of halogens is 1. The number of benzene rings is 2. The first-order valence-electron chi connectivity index (χ1n) is 8.48. The van der Waals surface area contributed by atoms with Crippen LogP contribution in [0.1, 0.15) is 22.8 Å². The molecule has 0 aromatic heterocycles. The minimum atomic E-state index is -0.787. The molecular formula is C20H23ClN2O5. The lowest BCUT2D eigenvalue weighted by Crippen LogP contribution is -2.41. The van der Waals surface area contributed by atoms with Crippen LogP contribution < -0.4 is 24.8 Å². The van der Waals surface area contributed by atoms with Crippen molar-refractivity contribution in [3.8, 4) is 17.2 Å². The van der Waals surface area contributed by atoms with E-state index in [4.69, 9.17) is 25.8 Å². The maximum absolute atomic E-state index is 12.6. The smallest absolute Gasteiger partial charge is 0.252 e. The summed E-state index contributed by atoms with van der Waals surface area (Å²) >= 11 is 5.97. The van der Waals surface area contributed by atoms with Crippen molar-refractivity contribution in [1.82, 2.24) is 5.32 Å². The SMILES string of the molecule is COc1cc(C(=O)N[C@@H](C)C(=O)Nc2cc(Cl)ccc2C)cc(OC)c1OC. The van der Waals surface area contributed by atoms with Crippen LogP contribution in [0.3, 0.4) is 0 Å². The molecule has 2 aromatic carbocycles. The van der Waals surface area contributed by atoms with Crippen LogP contribution in [0.5, 0.6) is 17.2 Å². The molecule has 8 heteroatoms. The van der Waals surface area contributed by atoms with Gasteiger partial charge in [0.05, 0.1) is 21.3 Å². The molecule has 7 nitrogen and oxygen atoms in total. The van der Waals surface area contributed by atoms with E-state index < -0.39 is 11.9 Å². The molecule has 0 saturated carbocycles. The fourth-order valence-electron chi connectivity index (χ4n) is 2.53. The fourth-order valence-corrected chi connectivity index (χ4v) is 2.70. The number of hydrogen-bond donors (Lipinski definition) is 2. The number of ether oxygens (including phenoxy) is 3. The van der Waals surface area contributed by atoms with Crippen molar-refractivity contribution in [1.29, 1.82) is 0 Å². The van der Waals surface area contributed by atoms with Crippen molar-refractivity contribution in [3.05, 3.63) is 46.5 Å². The monoisotopic (exact) mass is 406 g/mol. The Hall–Kier alpha value is -2.93. The highest BCUT2D eigenvalue weighted by Gasteiger charge is 2.21. The largest absolute Gasteiger partial charge is 0.493 e. The van der Waals surface area contributed by atoms with Gasteiger partial charge in [0.2, 0.25) is 11.7 Å². The maximum atomic E-state index is 12.6. The van der Waals surface area contributed by atoms with Gasteiger partial charge in [-0.3, -0.25) is 9.59 Å². The molecule has 1 atom stereocenters. The number of aryl methyl sites for hydroxylation is 1. The predicted molar refractivity (Wildman–Crippen MR) is 108 cm³/mol. The van der Waals surface area contributed by atoms with E-state index in [1.165, 1.54) is 33.5 Å². The van der Waals surface area contributed by atoms with Gasteiger partial charge in [0.15, 0.2) is 11.5 Å². The molecule has 0 aliphatic heterocycles. The van der Waals surface area contributed by atoms with E-state index in [1.807, 2.05) is 6.92 Å². The van der Waals surface area contributed by atoms with Gasteiger partial charge in [0, 0.05) is 16.3 Å². The van der Waals surface area contributed by atoms with Gasteiger partial charge in [-0.1, -0.05) is 17.7 Å². The Morgan fingerprint density at radius 2 is 1.61 bits per heavy atom. The van der Waals surface area contributed by atoms with Crippen molar-refractivity contribution in [3.63, 3.8) is 0 Å². The zero-order valence-electron chi connectivity index (χ0n) is 16.4. The quantitative estimate of drug-likeness (QED) is 0.735. The molecule has 0 saturated heterocycles. The first-order valence-corrected chi connectivity index (χ1v) is 8.86. The number of amides is 2. The van der Waals surface area contributed by atoms with Gasteiger partial charge in [0.1, 0.15) is 6.04 Å². The lowest BCUT2D eigenvalue weighted by Gasteiger charge is -2.17. The Labute approximate surface area is 168 Å². The molecule has 28 heavy (non-hydrogen) atoms. The second kappa shape index (κ2) is 9.32. The van der Waals surface area contributed by atoms with Crippen LogP contribution in [0.2, 0.25) is 5.02 Å². The molecular weight excluding hydrogens is 384 g/mol. The maximum Gasteiger partial charge on any atom is 0.252 e. The summed E-state index contributed by atoms with van der Waals surface area (Å²) in [5, 5.41) is 5.93. The summed E-state index contributed by atoms with van der Waals surface area (Å²) in [6.07, 6.45) is 0. The third kappa shape index (κ3) is 4.86. The van der Waals surface area contributed by atoms with Gasteiger partial charge in [0.25, 0.3) is 5.91 Å². The van der Waals surface area contributed by atoms with Crippen molar-refractivity contribution in [2.24, 2.45) is 0 Å². The van der Waals surface area contributed by atoms with Gasteiger partial charge >= 0.3 is 0 Å². The van der Waals surface area contributed by atoms with E-state index in [1.54, 1.807) is 25.1 Å². The molecule has 2 amide bonds. The van der Waals surface area contributed by atoms with Crippen LogP contribution in [0.25, 0.3) is 0 Å². The second-order valence-corrected chi connectivity index (χ2v) is 6.49. The summed E-state index contributed by atoms with van der Waals surface area (Å²) in [7, 11) is 4.40. The molecule has 2 rings (SSSR count). The number of rotatable bonds is 7. The van der Waals surface area contributed by atoms with Gasteiger partial charge in [-0.25, -0.2) is 0 Å². The topological polar surface area (TPSA) is 85.9 Å². The Morgan fingerprint density at radius 3 is 2.14 bits per heavy atom. The molecule has 0 aliphatic carbocycles. The zero-order chi connectivity index (χ0) is 20.8. The molecule has 2 N–H and O–H groups in total. The number of methoxy groups -OCH3 is 3. The molecule has 150 valence electrons. The normalized spacial score (nSPS) is 11.4. The molecule has 2 aromatic rings. The summed E-state index contributed by atoms with van der Waals surface area (Å²) in [5.74, 6) is 0.247. The van der Waals surface area contributed by atoms with Gasteiger partial charge in [-0.2, -0.15) is 0 Å². The van der Waals surface area contributed by atoms with Crippen LogP contribution in [-0.4, -0.2) is 39.2 Å². The zero-order valence-corrected chi connectivity index (χ0v) is 17.1. The molecule has 0 unspecified atom stereocenters. The number of carbonyl (C=O) groups is 2. The predicted octanol–water partition coefficient (Wildman–Crippen LogP) is 3.43. The van der Waals surface area contributed by atoms with Gasteiger partial charge in [-0.15, -0.1) is 0 Å². The highest BCUT2D eigenvalue weighted by molar-refractivity contribution is 6.31. The van der Waals surface area contributed by atoms with E-state index in [9.17, 15) is 9.59 Å². The van der Waals surface area contributed by atoms with Crippen molar-refractivity contribution in [2.45, 2.75) is 19.9 Å². The lowest BCUT2D eigenvalue weighted by molar-refractivity contribution is -0.117. The van der Waals surface area contributed by atoms with Crippen LogP contribution in [0.15, 0.2) is 30.3 Å². The van der Waals surface area contributed by atoms with Gasteiger partial charge in [-0.05, 0) is 43.7 Å².